The Morgan fingerprint density at radius 1 is 1.21 bits per heavy atom. The molecular formula is C23H30N2O3S. The van der Waals surface area contributed by atoms with Gasteiger partial charge in [0.05, 0.1) is 11.5 Å². The van der Waals surface area contributed by atoms with Gasteiger partial charge in [0.1, 0.15) is 0 Å². The highest BCUT2D eigenvalue weighted by molar-refractivity contribution is 7.12. The van der Waals surface area contributed by atoms with Crippen LogP contribution in [-0.4, -0.2) is 61.6 Å². The third-order valence-corrected chi connectivity index (χ3v) is 7.33. The van der Waals surface area contributed by atoms with Crippen LogP contribution in [0.1, 0.15) is 41.8 Å². The molecule has 0 saturated carbocycles. The highest BCUT2D eigenvalue weighted by Gasteiger charge is 2.35. The maximum absolute atomic E-state index is 13.4. The molecule has 1 aromatic carbocycles. The molecule has 0 N–H and O–H groups in total. The molecule has 0 bridgehead atoms. The summed E-state index contributed by atoms with van der Waals surface area (Å²) in [7, 11) is 1.67. The Morgan fingerprint density at radius 3 is 2.90 bits per heavy atom. The van der Waals surface area contributed by atoms with Crippen LogP contribution in [0, 0.1) is 5.92 Å². The van der Waals surface area contributed by atoms with Gasteiger partial charge in [0.15, 0.2) is 0 Å². The lowest BCUT2D eigenvalue weighted by molar-refractivity contribution is 0.0317. The van der Waals surface area contributed by atoms with Crippen molar-refractivity contribution in [2.45, 2.75) is 38.1 Å². The van der Waals surface area contributed by atoms with Gasteiger partial charge in [-0.25, -0.2) is 0 Å². The van der Waals surface area contributed by atoms with Gasteiger partial charge in [-0.1, -0.05) is 36.0 Å². The zero-order chi connectivity index (χ0) is 20.2. The minimum Gasteiger partial charge on any atom is -0.383 e. The van der Waals surface area contributed by atoms with Crippen LogP contribution >= 0.6 is 11.3 Å². The average Bonchev–Trinajstić information content (AvgIpc) is 2.76. The normalized spacial score (nSPS) is 22.4. The van der Waals surface area contributed by atoms with Crippen molar-refractivity contribution in [2.24, 2.45) is 5.92 Å². The fourth-order valence-corrected chi connectivity index (χ4v) is 5.84. The first-order chi connectivity index (χ1) is 14.2. The number of benzene rings is 1. The number of fused-ring (bicyclic) bond motifs is 2. The SMILES string of the molecule is COCCN(C[C@@H]1CCCN2CCCC[C@H]12)C(=O)c1cc2ccccc2c(=O)s1. The number of ether oxygens (including phenoxy) is 1. The van der Waals surface area contributed by atoms with E-state index >= 15 is 0 Å². The molecule has 6 heteroatoms. The Kier molecular flexibility index (Phi) is 6.63. The van der Waals surface area contributed by atoms with Crippen molar-refractivity contribution in [3.05, 3.63) is 44.7 Å². The first-order valence-corrected chi connectivity index (χ1v) is 11.5. The van der Waals surface area contributed by atoms with Crippen LogP contribution in [0.15, 0.2) is 35.1 Å². The van der Waals surface area contributed by atoms with Gasteiger partial charge in [0.2, 0.25) is 4.74 Å². The summed E-state index contributed by atoms with van der Waals surface area (Å²) in [5, 5.41) is 1.52. The van der Waals surface area contributed by atoms with E-state index in [-0.39, 0.29) is 10.6 Å². The number of hydrogen-bond acceptors (Lipinski definition) is 5. The molecule has 0 unspecified atom stereocenters. The van der Waals surface area contributed by atoms with Gasteiger partial charge in [0, 0.05) is 31.6 Å². The largest absolute Gasteiger partial charge is 0.383 e. The Balaban J connectivity index is 1.57. The number of carbonyl (C=O) groups excluding carboxylic acids is 1. The van der Waals surface area contributed by atoms with Crippen LogP contribution in [0.3, 0.4) is 0 Å². The molecule has 5 nitrogen and oxygen atoms in total. The maximum Gasteiger partial charge on any atom is 0.264 e. The first-order valence-electron chi connectivity index (χ1n) is 10.7. The Hall–Kier alpha value is -1.76. The van der Waals surface area contributed by atoms with Crippen molar-refractivity contribution in [1.29, 1.82) is 0 Å². The summed E-state index contributed by atoms with van der Waals surface area (Å²) in [6, 6.07) is 9.96. The summed E-state index contributed by atoms with van der Waals surface area (Å²) in [5.74, 6) is 0.463. The fourth-order valence-electron chi connectivity index (χ4n) is 4.95. The van der Waals surface area contributed by atoms with Crippen molar-refractivity contribution in [3.8, 4) is 0 Å². The number of piperidine rings is 2. The number of rotatable bonds is 6. The number of amides is 1. The van der Waals surface area contributed by atoms with E-state index in [1.54, 1.807) is 7.11 Å². The zero-order valence-corrected chi connectivity index (χ0v) is 18.0. The molecule has 2 aromatic rings. The quantitative estimate of drug-likeness (QED) is 0.725. The average molecular weight is 415 g/mol. The highest BCUT2D eigenvalue weighted by Crippen LogP contribution is 2.31. The molecule has 0 spiro atoms. The summed E-state index contributed by atoms with van der Waals surface area (Å²) >= 11 is 1.06. The van der Waals surface area contributed by atoms with E-state index in [9.17, 15) is 9.59 Å². The van der Waals surface area contributed by atoms with Crippen LogP contribution < -0.4 is 4.74 Å². The Labute approximate surface area is 176 Å². The minimum atomic E-state index is -0.0470. The molecule has 156 valence electrons. The Bertz CT molecular complexity index is 910. The topological polar surface area (TPSA) is 49.9 Å². The second kappa shape index (κ2) is 9.37. The second-order valence-corrected chi connectivity index (χ2v) is 9.25. The fraction of sp³-hybridized carbons (Fsp3) is 0.565. The van der Waals surface area contributed by atoms with Gasteiger partial charge >= 0.3 is 0 Å². The molecule has 2 atom stereocenters. The van der Waals surface area contributed by atoms with Crippen LogP contribution in [0.5, 0.6) is 0 Å². The van der Waals surface area contributed by atoms with E-state index in [1.807, 2.05) is 35.2 Å². The molecule has 1 amide bonds. The van der Waals surface area contributed by atoms with E-state index in [0.717, 1.165) is 23.3 Å². The summed E-state index contributed by atoms with van der Waals surface area (Å²) < 4.78 is 5.24. The van der Waals surface area contributed by atoms with Crippen molar-refractivity contribution in [2.75, 3.05) is 39.9 Å². The molecule has 2 aliphatic rings. The molecule has 29 heavy (non-hydrogen) atoms. The zero-order valence-electron chi connectivity index (χ0n) is 17.1. The van der Waals surface area contributed by atoms with Gasteiger partial charge in [0.25, 0.3) is 5.91 Å². The smallest absolute Gasteiger partial charge is 0.264 e. The van der Waals surface area contributed by atoms with Crippen LogP contribution in [0.2, 0.25) is 0 Å². The molecule has 0 radical (unpaired) electrons. The molecule has 1 aromatic heterocycles. The predicted octanol–water partition coefficient (Wildman–Crippen LogP) is 3.61. The highest BCUT2D eigenvalue weighted by atomic mass is 32.1. The van der Waals surface area contributed by atoms with Gasteiger partial charge in [-0.15, -0.1) is 0 Å². The lowest BCUT2D eigenvalue weighted by atomic mass is 9.83. The summed E-state index contributed by atoms with van der Waals surface area (Å²) in [6.07, 6.45) is 6.19. The molecule has 2 saturated heterocycles. The number of methoxy groups -OCH3 is 1. The van der Waals surface area contributed by atoms with Crippen LogP contribution in [0.25, 0.3) is 10.8 Å². The lowest BCUT2D eigenvalue weighted by Crippen LogP contribution is -2.52. The summed E-state index contributed by atoms with van der Waals surface area (Å²) in [4.78, 5) is 31.0. The lowest BCUT2D eigenvalue weighted by Gasteiger charge is -2.45. The monoisotopic (exact) mass is 414 g/mol. The molecule has 0 aliphatic carbocycles. The van der Waals surface area contributed by atoms with Crippen molar-refractivity contribution < 1.29 is 9.53 Å². The standard InChI is InChI=1S/C23H30N2O3S/c1-28-14-13-25(16-18-8-6-12-24-11-5-4-10-20(18)24)22(26)21-15-17-7-2-3-9-19(17)23(27)29-21/h2-3,7,9,15,18,20H,4-6,8,10-14,16H2,1H3/t18-,20+/m0/s1. The third kappa shape index (κ3) is 4.55. The van der Waals surface area contributed by atoms with Gasteiger partial charge < -0.3 is 14.5 Å². The van der Waals surface area contributed by atoms with Crippen LogP contribution in [0.4, 0.5) is 0 Å². The molecule has 4 rings (SSSR count). The number of hydrogen-bond donors (Lipinski definition) is 0. The number of carbonyl (C=O) groups is 1. The number of nitrogens with zero attached hydrogens (tertiary/aromatic N) is 2. The summed E-state index contributed by atoms with van der Waals surface area (Å²) in [5.41, 5.74) is 0. The van der Waals surface area contributed by atoms with E-state index in [2.05, 4.69) is 4.90 Å². The van der Waals surface area contributed by atoms with Crippen LogP contribution in [-0.2, 0) is 4.74 Å². The second-order valence-electron chi connectivity index (χ2n) is 8.23. The van der Waals surface area contributed by atoms with E-state index in [1.165, 1.54) is 45.2 Å². The van der Waals surface area contributed by atoms with Gasteiger partial charge in [-0.3, -0.25) is 9.59 Å². The molecule has 2 aliphatic heterocycles. The molecule has 2 fully saturated rings. The van der Waals surface area contributed by atoms with Gasteiger partial charge in [-0.2, -0.15) is 0 Å². The minimum absolute atomic E-state index is 0.0390. The first kappa shape index (κ1) is 20.5. The third-order valence-electron chi connectivity index (χ3n) is 6.42. The molecule has 3 heterocycles. The maximum atomic E-state index is 13.4. The predicted molar refractivity (Wildman–Crippen MR) is 118 cm³/mol. The van der Waals surface area contributed by atoms with Gasteiger partial charge in [-0.05, 0) is 62.2 Å². The van der Waals surface area contributed by atoms with E-state index in [0.29, 0.717) is 35.4 Å². The summed E-state index contributed by atoms with van der Waals surface area (Å²) in [6.45, 7) is 4.21. The van der Waals surface area contributed by atoms with E-state index in [4.69, 9.17) is 4.74 Å². The van der Waals surface area contributed by atoms with Crippen molar-refractivity contribution in [3.63, 3.8) is 0 Å². The van der Waals surface area contributed by atoms with Crippen molar-refractivity contribution >= 4 is 28.0 Å². The Morgan fingerprint density at radius 2 is 2.03 bits per heavy atom. The molecular weight excluding hydrogens is 384 g/mol. The van der Waals surface area contributed by atoms with Crippen molar-refractivity contribution in [1.82, 2.24) is 9.80 Å². The van der Waals surface area contributed by atoms with E-state index < -0.39 is 0 Å².